The summed E-state index contributed by atoms with van der Waals surface area (Å²) in [5.41, 5.74) is 0.246. The first-order chi connectivity index (χ1) is 13.7. The number of halogens is 3. The number of alkyl halides is 3. The van der Waals surface area contributed by atoms with Crippen LogP contribution in [0.15, 0.2) is 53.4 Å². The second-order valence-electron chi connectivity index (χ2n) is 7.73. The number of nitrogens with one attached hydrogen (secondary N) is 2. The fourth-order valence-electron chi connectivity index (χ4n) is 4.11. The molecular weight excluding hydrogens is 403 g/mol. The first-order valence-corrected chi connectivity index (χ1v) is 10.9. The molecule has 1 fully saturated rings. The monoisotopic (exact) mass is 425 g/mol. The number of hydrogen-bond acceptors (Lipinski definition) is 4. The number of benzene rings is 2. The molecule has 2 aliphatic heterocycles. The molecule has 0 amide bonds. The number of rotatable bonds is 2. The molecule has 9 heteroatoms. The topological polar surface area (TPSA) is 67.4 Å². The van der Waals surface area contributed by atoms with Crippen LogP contribution in [0.4, 0.5) is 18.9 Å². The predicted octanol–water partition coefficient (Wildman–Crippen LogP) is 3.66. The van der Waals surface area contributed by atoms with E-state index in [9.17, 15) is 21.9 Å². The summed E-state index contributed by atoms with van der Waals surface area (Å²) in [7, 11) is -3.59. The standard InChI is InChI=1S/C20H22F3N3O2S/c21-20(22,23)16-8-6-15(7-9-16)12-26-11-3-10-19(14-26)13-24-29(27,28)18-5-2-1-4-17(18)25-19/h1-2,4-9,25H,3,10-14H2,(H-,24,27,28). The Morgan fingerprint density at radius 1 is 1.14 bits per heavy atom. The lowest BCUT2D eigenvalue weighted by Crippen LogP contribution is -2.57. The number of piperidine rings is 1. The molecule has 5 nitrogen and oxygen atoms in total. The van der Waals surface area contributed by atoms with Crippen molar-refractivity contribution in [2.75, 3.05) is 25.0 Å². The average Bonchev–Trinajstić information content (AvgIpc) is 2.77. The minimum Gasteiger partial charge on any atom is -0.593 e. The Labute approximate surface area is 168 Å². The van der Waals surface area contributed by atoms with Crippen molar-refractivity contribution in [2.24, 2.45) is 0 Å². The summed E-state index contributed by atoms with van der Waals surface area (Å²) >= 11 is 0. The van der Waals surface area contributed by atoms with Crippen LogP contribution in [0.1, 0.15) is 24.0 Å². The Morgan fingerprint density at radius 2 is 1.86 bits per heavy atom. The molecule has 2 aromatic rings. The van der Waals surface area contributed by atoms with Crippen molar-refractivity contribution >= 4 is 16.1 Å². The normalized spacial score (nSPS) is 27.9. The van der Waals surface area contributed by atoms with E-state index in [-0.39, 0.29) is 11.4 Å². The number of fused-ring (bicyclic) bond motifs is 1. The number of hydrogen-bond donors (Lipinski definition) is 2. The molecule has 0 aromatic heterocycles. The van der Waals surface area contributed by atoms with E-state index in [0.29, 0.717) is 18.8 Å². The summed E-state index contributed by atoms with van der Waals surface area (Å²) in [6, 6.07) is 12.0. The van der Waals surface area contributed by atoms with Gasteiger partial charge in [0.2, 0.25) is 0 Å². The zero-order valence-electron chi connectivity index (χ0n) is 15.7. The van der Waals surface area contributed by atoms with Crippen molar-refractivity contribution in [3.63, 3.8) is 0 Å². The van der Waals surface area contributed by atoms with Gasteiger partial charge in [-0.1, -0.05) is 28.5 Å². The maximum absolute atomic E-state index is 12.8. The molecule has 0 bridgehead atoms. The van der Waals surface area contributed by atoms with Crippen LogP contribution in [0.25, 0.3) is 0 Å². The van der Waals surface area contributed by atoms with Crippen LogP contribution in [0.3, 0.4) is 0 Å². The fourth-order valence-corrected chi connectivity index (χ4v) is 5.40. The van der Waals surface area contributed by atoms with E-state index in [4.69, 9.17) is 0 Å². The first-order valence-electron chi connectivity index (χ1n) is 9.42. The van der Waals surface area contributed by atoms with E-state index < -0.39 is 27.7 Å². The Kier molecular flexibility index (Phi) is 5.18. The van der Waals surface area contributed by atoms with E-state index in [1.165, 1.54) is 12.1 Å². The van der Waals surface area contributed by atoms with Crippen molar-refractivity contribution in [2.45, 2.75) is 36.0 Å². The second kappa shape index (κ2) is 7.39. The molecule has 2 atom stereocenters. The summed E-state index contributed by atoms with van der Waals surface area (Å²) in [6.07, 6.45) is -2.69. The van der Waals surface area contributed by atoms with Crippen LogP contribution in [-0.4, -0.2) is 34.6 Å². The molecule has 0 saturated carbocycles. The van der Waals surface area contributed by atoms with Gasteiger partial charge in [-0.2, -0.15) is 13.2 Å². The molecule has 4 rings (SSSR count). The molecule has 2 unspecified atom stereocenters. The van der Waals surface area contributed by atoms with Gasteiger partial charge in [-0.15, -0.1) is 4.72 Å². The molecule has 2 aromatic carbocycles. The Hall–Kier alpha value is -1.94. The van der Waals surface area contributed by atoms with Gasteiger partial charge in [0.1, 0.15) is 0 Å². The molecular formula is C20H22F3N3O2S. The lowest BCUT2D eigenvalue weighted by molar-refractivity contribution is -0.137. The van der Waals surface area contributed by atoms with Crippen LogP contribution in [0.5, 0.6) is 0 Å². The molecule has 1 saturated heterocycles. The minimum atomic E-state index is -4.34. The Morgan fingerprint density at radius 3 is 2.59 bits per heavy atom. The highest BCUT2D eigenvalue weighted by molar-refractivity contribution is 7.96. The molecule has 2 N–H and O–H groups in total. The first kappa shape index (κ1) is 20.3. The summed E-state index contributed by atoms with van der Waals surface area (Å²) < 4.78 is 66.1. The third kappa shape index (κ3) is 4.32. The number of sulfonamides is 1. The molecule has 0 radical (unpaired) electrons. The maximum atomic E-state index is 12.8. The Balaban J connectivity index is 1.52. The molecule has 2 aliphatic rings. The lowest BCUT2D eigenvalue weighted by Gasteiger charge is -2.42. The third-order valence-electron chi connectivity index (χ3n) is 5.52. The average molecular weight is 425 g/mol. The number of para-hydroxylation sites is 1. The highest BCUT2D eigenvalue weighted by Gasteiger charge is 2.42. The van der Waals surface area contributed by atoms with E-state index in [0.717, 1.165) is 37.1 Å². The molecule has 2 heterocycles. The summed E-state index contributed by atoms with van der Waals surface area (Å²) in [5, 5.41) is 3.44. The zero-order chi connectivity index (χ0) is 20.7. The SMILES string of the molecule is O=[S+]1([O-])NCC2(CCCN(Cc3ccc(C(F)(F)F)cc3)C2)Nc2ccccc21. The van der Waals surface area contributed by atoms with Gasteiger partial charge in [0.15, 0.2) is 15.3 Å². The van der Waals surface area contributed by atoms with E-state index in [1.807, 2.05) is 0 Å². The van der Waals surface area contributed by atoms with Crippen molar-refractivity contribution in [1.29, 1.82) is 0 Å². The van der Waals surface area contributed by atoms with Crippen LogP contribution in [0.2, 0.25) is 0 Å². The summed E-state index contributed by atoms with van der Waals surface area (Å²) in [6.45, 7) is 2.16. The van der Waals surface area contributed by atoms with Crippen LogP contribution in [0, 0.1) is 0 Å². The van der Waals surface area contributed by atoms with Gasteiger partial charge >= 0.3 is 6.18 Å². The minimum absolute atomic E-state index is 0.233. The molecule has 156 valence electrons. The second-order valence-corrected chi connectivity index (χ2v) is 9.47. The fraction of sp³-hybridized carbons (Fsp3) is 0.400. The van der Waals surface area contributed by atoms with Gasteiger partial charge in [-0.3, -0.25) is 4.90 Å². The van der Waals surface area contributed by atoms with Crippen molar-refractivity contribution in [3.05, 3.63) is 59.7 Å². The van der Waals surface area contributed by atoms with Gasteiger partial charge in [-0.05, 0) is 49.2 Å². The highest BCUT2D eigenvalue weighted by atomic mass is 32.3. The highest BCUT2D eigenvalue weighted by Crippen LogP contribution is 2.34. The van der Waals surface area contributed by atoms with Gasteiger partial charge < -0.3 is 9.87 Å². The maximum Gasteiger partial charge on any atom is 0.416 e. The third-order valence-corrected chi connectivity index (χ3v) is 6.98. The molecule has 1 spiro atoms. The molecule has 29 heavy (non-hydrogen) atoms. The van der Waals surface area contributed by atoms with E-state index in [1.54, 1.807) is 24.3 Å². The van der Waals surface area contributed by atoms with Crippen molar-refractivity contribution in [1.82, 2.24) is 9.62 Å². The largest absolute Gasteiger partial charge is 0.593 e. The van der Waals surface area contributed by atoms with Crippen LogP contribution < -0.4 is 10.0 Å². The smallest absolute Gasteiger partial charge is 0.416 e. The zero-order valence-corrected chi connectivity index (χ0v) is 16.5. The number of nitrogens with zero attached hydrogens (tertiary/aromatic N) is 1. The quantitative estimate of drug-likeness (QED) is 0.721. The predicted molar refractivity (Wildman–Crippen MR) is 104 cm³/mol. The molecule has 0 aliphatic carbocycles. The lowest BCUT2D eigenvalue weighted by atomic mass is 9.88. The summed E-state index contributed by atoms with van der Waals surface area (Å²) in [4.78, 5) is 2.39. The summed E-state index contributed by atoms with van der Waals surface area (Å²) in [5.74, 6) is 0. The number of anilines is 1. The van der Waals surface area contributed by atoms with E-state index >= 15 is 0 Å². The van der Waals surface area contributed by atoms with Gasteiger partial charge in [0.05, 0.1) is 23.3 Å². The van der Waals surface area contributed by atoms with Crippen molar-refractivity contribution < 1.29 is 21.9 Å². The van der Waals surface area contributed by atoms with Crippen molar-refractivity contribution in [3.8, 4) is 0 Å². The van der Waals surface area contributed by atoms with E-state index in [2.05, 4.69) is 14.9 Å². The van der Waals surface area contributed by atoms with Crippen LogP contribution in [-0.2, 0) is 27.3 Å². The Bertz CT molecular complexity index is 935. The van der Waals surface area contributed by atoms with Gasteiger partial charge in [0, 0.05) is 13.1 Å². The van der Waals surface area contributed by atoms with Gasteiger partial charge in [-0.25, -0.2) is 0 Å². The number of likely N-dealkylation sites (tertiary alicyclic amines) is 1. The van der Waals surface area contributed by atoms with Crippen LogP contribution >= 0.6 is 0 Å². The van der Waals surface area contributed by atoms with Gasteiger partial charge in [0.25, 0.3) is 0 Å².